The van der Waals surface area contributed by atoms with Gasteiger partial charge in [-0.2, -0.15) is 66.2 Å². The van der Waals surface area contributed by atoms with E-state index < -0.39 is 0 Å². The maximum Gasteiger partial charge on any atom is -0.0253 e. The minimum Gasteiger partial charge on any atom is -1.00 e. The molecule has 0 N–H and O–H groups in total. The van der Waals surface area contributed by atoms with Crippen LogP contribution in [0.1, 0.15) is 14.0 Å². The van der Waals surface area contributed by atoms with Crippen LogP contribution >= 0.6 is 0 Å². The number of rotatable bonds is 0. The zero-order valence-electron chi connectivity index (χ0n) is 18.0. The first-order chi connectivity index (χ1) is 13.2. The van der Waals surface area contributed by atoms with Gasteiger partial charge in [-0.3, -0.25) is 0 Å². The van der Waals surface area contributed by atoms with E-state index in [0.717, 1.165) is 6.42 Å². The normalized spacial score (nSPS) is 9.81. The molecule has 0 fully saturated rings. The van der Waals surface area contributed by atoms with Crippen molar-refractivity contribution in [3.05, 3.63) is 120 Å². The van der Waals surface area contributed by atoms with Crippen LogP contribution in [0.15, 0.2) is 103 Å². The average molecular weight is 447 g/mol. The molecule has 0 aromatic heterocycles. The largest absolute Gasteiger partial charge is 1.00 e. The van der Waals surface area contributed by atoms with Crippen molar-refractivity contribution in [3.63, 3.8) is 0 Å². The fourth-order valence-corrected chi connectivity index (χ4v) is 2.64. The van der Waals surface area contributed by atoms with E-state index in [-0.39, 0.29) is 8.29 Å². The van der Waals surface area contributed by atoms with Gasteiger partial charge < -0.3 is 2.85 Å². The van der Waals surface area contributed by atoms with Crippen LogP contribution in [0.3, 0.4) is 0 Å². The van der Waals surface area contributed by atoms with Crippen molar-refractivity contribution in [1.82, 2.24) is 0 Å². The molecule has 0 bridgehead atoms. The molecule has 1 aliphatic carbocycles. The van der Waals surface area contributed by atoms with Gasteiger partial charge in [0.2, 0.25) is 0 Å². The molecule has 0 unspecified atom stereocenters. The van der Waals surface area contributed by atoms with Crippen LogP contribution in [0.4, 0.5) is 0 Å². The maximum absolute atomic E-state index is 3.30. The third-order valence-corrected chi connectivity index (χ3v) is 3.73. The van der Waals surface area contributed by atoms with Gasteiger partial charge in [0.1, 0.15) is 0 Å². The summed E-state index contributed by atoms with van der Waals surface area (Å²) in [6, 6.07) is 38.1. The van der Waals surface area contributed by atoms with Crippen molar-refractivity contribution >= 4 is 5.43 Å². The summed E-state index contributed by atoms with van der Waals surface area (Å²) in [6.45, 7) is 4.62. The molecule has 0 heterocycles. The summed E-state index contributed by atoms with van der Waals surface area (Å²) in [5, 5.41) is 0. The Morgan fingerprint density at radius 3 is 1.85 bits per heavy atom. The molecule has 140 valence electrons. The standard InChI is InChI=1S/C13H9.2C5H5.C2H6Si.Zr.2H/c1-3-7-12-10(5-1)9-11-6-2-4-8-13(11)12;2*1-2-4-5-3-1;1-3-2;;;/h1-5,7-8H,9H2;2*1-5H;1-2H3;;;/q3*-1;;;2*-1. The third kappa shape index (κ3) is 8.20. The minimum atomic E-state index is 0. The van der Waals surface area contributed by atoms with Crippen molar-refractivity contribution < 1.29 is 26.2 Å². The predicted octanol–water partition coefficient (Wildman–Crippen LogP) is 6.88. The Morgan fingerprint density at radius 1 is 0.815 bits per heavy atom. The van der Waals surface area contributed by atoms with Crippen LogP contribution in [0, 0.1) is 6.07 Å². The predicted molar refractivity (Wildman–Crippen MR) is 117 cm³/mol. The molecule has 0 radical (unpaired) electrons. The molecule has 0 saturated heterocycles. The number of fused-ring (bicyclic) bond motifs is 3. The quantitative estimate of drug-likeness (QED) is 0.180. The minimum absolute atomic E-state index is 0. The summed E-state index contributed by atoms with van der Waals surface area (Å²) in [5.41, 5.74) is 5.72. The smallest absolute Gasteiger partial charge is 0.0253 e. The van der Waals surface area contributed by atoms with Gasteiger partial charge in [0, 0.05) is 0 Å². The topological polar surface area (TPSA) is 0 Å². The molecule has 2 heteroatoms. The first-order valence-corrected chi connectivity index (χ1v) is 15.3. The summed E-state index contributed by atoms with van der Waals surface area (Å²) in [7, 11) is 0. The number of hydrogen-bond donors (Lipinski definition) is 0. The molecule has 4 aromatic carbocycles. The fourth-order valence-electron chi connectivity index (χ4n) is 2.64. The fraction of sp³-hybridized carbons (Fsp3) is 0.120. The molecule has 0 aliphatic heterocycles. The van der Waals surface area contributed by atoms with Crippen LogP contribution in [0.2, 0.25) is 13.1 Å². The Balaban J connectivity index is 0.000000413. The Hall–Kier alpha value is -1.76. The van der Waals surface area contributed by atoms with E-state index in [9.17, 15) is 0 Å². The average Bonchev–Trinajstić information content (AvgIpc) is 3.45. The first kappa shape index (κ1) is 21.5. The van der Waals surface area contributed by atoms with Crippen LogP contribution in [-0.4, -0.2) is 5.43 Å². The molecule has 0 spiro atoms. The Morgan fingerprint density at radius 2 is 1.33 bits per heavy atom. The third-order valence-electron chi connectivity index (χ3n) is 3.73. The Kier molecular flexibility index (Phi) is 10.0. The summed E-state index contributed by atoms with van der Waals surface area (Å²) >= 11 is 1.74. The van der Waals surface area contributed by atoms with Crippen LogP contribution in [-0.2, 0) is 29.8 Å². The van der Waals surface area contributed by atoms with E-state index in [1.54, 1.807) is 23.3 Å². The van der Waals surface area contributed by atoms with Gasteiger partial charge in [0.05, 0.1) is 0 Å². The van der Waals surface area contributed by atoms with Crippen LogP contribution < -0.4 is 0 Å². The van der Waals surface area contributed by atoms with Crippen molar-refractivity contribution in [2.24, 2.45) is 0 Å². The monoisotopic (exact) mass is 445 g/mol. The van der Waals surface area contributed by atoms with Gasteiger partial charge in [-0.15, -0.1) is 5.56 Å². The van der Waals surface area contributed by atoms with E-state index in [1.807, 2.05) is 66.7 Å². The first-order valence-electron chi connectivity index (χ1n) is 9.11. The second-order valence-electron chi connectivity index (χ2n) is 6.32. The van der Waals surface area contributed by atoms with Gasteiger partial charge in [-0.1, -0.05) is 35.4 Å². The second kappa shape index (κ2) is 12.6. The molecule has 5 rings (SSSR count). The molecule has 1 aliphatic rings. The van der Waals surface area contributed by atoms with Crippen LogP contribution in [0.5, 0.6) is 0 Å². The Bertz CT molecular complexity index is 792. The van der Waals surface area contributed by atoms with Crippen molar-refractivity contribution in [3.8, 4) is 11.1 Å². The van der Waals surface area contributed by atoms with E-state index in [2.05, 4.69) is 55.6 Å². The van der Waals surface area contributed by atoms with Crippen molar-refractivity contribution in [1.29, 1.82) is 0 Å². The maximum atomic E-state index is 3.30. The van der Waals surface area contributed by atoms with E-state index in [1.165, 1.54) is 22.3 Å². The van der Waals surface area contributed by atoms with Crippen molar-refractivity contribution in [2.75, 3.05) is 0 Å². The molecule has 0 atom stereocenters. The molecule has 4 aromatic rings. The summed E-state index contributed by atoms with van der Waals surface area (Å²) in [4.78, 5) is 0. The zero-order valence-corrected chi connectivity index (χ0v) is 19.5. The van der Waals surface area contributed by atoms with E-state index in [4.69, 9.17) is 0 Å². The Labute approximate surface area is 182 Å². The van der Waals surface area contributed by atoms with Gasteiger partial charge in [-0.05, 0) is 6.42 Å². The molecule has 27 heavy (non-hydrogen) atoms. The van der Waals surface area contributed by atoms with Gasteiger partial charge in [0.25, 0.3) is 0 Å². The SMILES string of the molecule is C[Si](C)=[Zr].[H-].[H-].[c-]1cccc2c1Cc1ccccc1-2.c1cc[cH-]c1.c1cc[cH-]c1. The number of hydrogen-bond acceptors (Lipinski definition) is 0. The van der Waals surface area contributed by atoms with Crippen molar-refractivity contribution in [2.45, 2.75) is 19.5 Å². The van der Waals surface area contributed by atoms with Gasteiger partial charge in [-0.25, -0.2) is 24.3 Å². The van der Waals surface area contributed by atoms with E-state index in [0.29, 0.717) is 0 Å². The summed E-state index contributed by atoms with van der Waals surface area (Å²) < 4.78 is 0. The van der Waals surface area contributed by atoms with Crippen LogP contribution in [0.25, 0.3) is 11.1 Å². The van der Waals surface area contributed by atoms with Gasteiger partial charge >= 0.3 is 41.9 Å². The van der Waals surface area contributed by atoms with E-state index >= 15 is 0 Å². The molecular weight excluding hydrogens is 420 g/mol. The summed E-state index contributed by atoms with van der Waals surface area (Å²) in [5.74, 6) is 0. The molecule has 0 saturated carbocycles. The second-order valence-corrected chi connectivity index (χ2v) is 15.7. The summed E-state index contributed by atoms with van der Waals surface area (Å²) in [6.07, 6.45) is 1.05. The number of benzene rings is 2. The van der Waals surface area contributed by atoms with Gasteiger partial charge in [0.15, 0.2) is 0 Å². The zero-order chi connectivity index (χ0) is 19.3. The molecular formula is C25H27SiZr-5. The molecule has 0 nitrogen and oxygen atoms in total. The molecule has 0 amide bonds.